The van der Waals surface area contributed by atoms with Gasteiger partial charge in [0.05, 0.1) is 12.4 Å². The Morgan fingerprint density at radius 3 is 2.80 bits per heavy atom. The summed E-state index contributed by atoms with van der Waals surface area (Å²) in [5, 5.41) is 11.9. The smallest absolute Gasteiger partial charge is 0.162 e. The highest BCUT2D eigenvalue weighted by Gasteiger charge is 2.23. The largest absolute Gasteiger partial charge is 0.384 e. The summed E-state index contributed by atoms with van der Waals surface area (Å²) in [6.45, 7) is 3.72. The first-order chi connectivity index (χ1) is 14.4. The summed E-state index contributed by atoms with van der Waals surface area (Å²) in [5.41, 5.74) is 10.3. The minimum atomic E-state index is -0.379. The number of aromatic nitrogens is 4. The number of rotatable bonds is 5. The molecule has 0 fully saturated rings. The van der Waals surface area contributed by atoms with Crippen LogP contribution in [0.3, 0.4) is 0 Å². The van der Waals surface area contributed by atoms with E-state index in [4.69, 9.17) is 22.7 Å². The maximum atomic E-state index is 14.0. The van der Waals surface area contributed by atoms with Crippen molar-refractivity contribution in [3.05, 3.63) is 70.5 Å². The number of nitrogens with two attached hydrogens (primary N) is 1. The van der Waals surface area contributed by atoms with E-state index in [1.54, 1.807) is 25.4 Å². The van der Waals surface area contributed by atoms with Gasteiger partial charge in [0, 0.05) is 10.6 Å². The van der Waals surface area contributed by atoms with Crippen molar-refractivity contribution >= 4 is 34.4 Å². The predicted octanol–water partition coefficient (Wildman–Crippen LogP) is 4.58. The molecular weight excluding hydrogens is 405 g/mol. The van der Waals surface area contributed by atoms with Crippen molar-refractivity contribution in [3.8, 4) is 11.1 Å². The fraction of sp³-hybridized carbons (Fsp3) is 0.143. The zero-order valence-electron chi connectivity index (χ0n) is 16.3. The normalized spacial score (nSPS) is 12.1. The summed E-state index contributed by atoms with van der Waals surface area (Å²) in [7, 11) is 0. The third kappa shape index (κ3) is 3.46. The van der Waals surface area contributed by atoms with Gasteiger partial charge in [-0.1, -0.05) is 23.7 Å². The first-order valence-electron chi connectivity index (χ1n) is 9.20. The Kier molecular flexibility index (Phi) is 5.09. The molecule has 0 saturated heterocycles. The lowest BCUT2D eigenvalue weighted by molar-refractivity contribution is 0.628. The summed E-state index contributed by atoms with van der Waals surface area (Å²) >= 11 is 6.48. The molecule has 30 heavy (non-hydrogen) atoms. The molecule has 0 saturated carbocycles. The fourth-order valence-corrected chi connectivity index (χ4v) is 3.77. The second kappa shape index (κ2) is 7.72. The molecule has 4 aromatic rings. The van der Waals surface area contributed by atoms with Crippen LogP contribution in [0, 0.1) is 18.2 Å². The number of nitrogens with zero attached hydrogens (tertiary/aromatic N) is 3. The van der Waals surface area contributed by atoms with Crippen LogP contribution in [0.25, 0.3) is 22.3 Å². The Bertz CT molecular complexity index is 1270. The van der Waals surface area contributed by atoms with Gasteiger partial charge in [0.25, 0.3) is 0 Å². The minimum Gasteiger partial charge on any atom is -0.384 e. The van der Waals surface area contributed by atoms with Crippen LogP contribution in [0.4, 0.5) is 10.2 Å². The van der Waals surface area contributed by atoms with Gasteiger partial charge in [0.1, 0.15) is 23.5 Å². The molecule has 4 rings (SSSR count). The Labute approximate surface area is 177 Å². The zero-order valence-corrected chi connectivity index (χ0v) is 17.0. The number of nitrogen functional groups attached to an aromatic ring is 1. The lowest BCUT2D eigenvalue weighted by Gasteiger charge is -2.23. The molecule has 1 atom stereocenters. The molecule has 0 amide bonds. The lowest BCUT2D eigenvalue weighted by Crippen LogP contribution is -2.18. The van der Waals surface area contributed by atoms with Gasteiger partial charge < -0.3 is 16.0 Å². The van der Waals surface area contributed by atoms with Gasteiger partial charge in [-0.15, -0.1) is 0 Å². The Balaban J connectivity index is 1.90. The van der Waals surface area contributed by atoms with E-state index in [-0.39, 0.29) is 17.7 Å². The molecule has 0 bridgehead atoms. The summed E-state index contributed by atoms with van der Waals surface area (Å²) in [6, 6.07) is 7.69. The lowest BCUT2D eigenvalue weighted by atomic mass is 9.87. The van der Waals surface area contributed by atoms with Gasteiger partial charge in [-0.25, -0.2) is 19.3 Å². The number of imidazole rings is 1. The third-order valence-electron chi connectivity index (χ3n) is 4.97. The summed E-state index contributed by atoms with van der Waals surface area (Å²) < 4.78 is 14.0. The first-order valence-corrected chi connectivity index (χ1v) is 9.58. The van der Waals surface area contributed by atoms with E-state index in [1.165, 1.54) is 18.5 Å². The molecule has 0 aliphatic rings. The molecule has 7 nitrogen and oxygen atoms in total. The van der Waals surface area contributed by atoms with Crippen LogP contribution in [0.5, 0.6) is 0 Å². The van der Waals surface area contributed by atoms with Crippen molar-refractivity contribution in [1.82, 2.24) is 19.9 Å². The van der Waals surface area contributed by atoms with Crippen LogP contribution >= 0.6 is 11.6 Å². The monoisotopic (exact) mass is 423 g/mol. The predicted molar refractivity (Wildman–Crippen MR) is 116 cm³/mol. The van der Waals surface area contributed by atoms with E-state index < -0.39 is 0 Å². The second-order valence-electron chi connectivity index (χ2n) is 6.93. The van der Waals surface area contributed by atoms with E-state index in [0.717, 1.165) is 5.56 Å². The minimum absolute atomic E-state index is 0.139. The summed E-state index contributed by atoms with van der Waals surface area (Å²) in [5.74, 6) is 0.0228. The van der Waals surface area contributed by atoms with Gasteiger partial charge in [0.2, 0.25) is 0 Å². The number of hydrogen-bond donors (Lipinski definition) is 4. The van der Waals surface area contributed by atoms with E-state index in [9.17, 15) is 4.39 Å². The second-order valence-corrected chi connectivity index (χ2v) is 7.34. The Hall–Kier alpha value is -3.52. The van der Waals surface area contributed by atoms with E-state index in [2.05, 4.69) is 25.3 Å². The van der Waals surface area contributed by atoms with Crippen molar-refractivity contribution in [2.24, 2.45) is 5.73 Å². The highest BCUT2D eigenvalue weighted by Crippen LogP contribution is 2.38. The molecule has 2 aromatic heterocycles. The molecule has 0 aliphatic carbocycles. The highest BCUT2D eigenvalue weighted by molar-refractivity contribution is 6.32. The van der Waals surface area contributed by atoms with Crippen LogP contribution in [0.15, 0.2) is 43.0 Å². The fourth-order valence-electron chi connectivity index (χ4n) is 3.55. The van der Waals surface area contributed by atoms with Crippen molar-refractivity contribution in [1.29, 1.82) is 5.41 Å². The number of aromatic amines is 1. The number of amidine groups is 1. The van der Waals surface area contributed by atoms with Crippen molar-refractivity contribution in [3.63, 3.8) is 0 Å². The maximum absolute atomic E-state index is 14.0. The van der Waals surface area contributed by atoms with Crippen molar-refractivity contribution < 1.29 is 4.39 Å². The van der Waals surface area contributed by atoms with Gasteiger partial charge in [0.15, 0.2) is 11.5 Å². The molecule has 9 heteroatoms. The van der Waals surface area contributed by atoms with Crippen LogP contribution in [-0.2, 0) is 0 Å². The molecule has 1 unspecified atom stereocenters. The standard InChI is InChI=1S/C21H19ClFN7/c1-10-15(22)7-14(11(2)30-21-18-20(27-8-26-18)28-9-29-21)17(16(10)19(24)25)12-4-3-5-13(23)6-12/h3-9,11H,1-2H3,(H3,24,25)(H2,26,27,28,29,30). The van der Waals surface area contributed by atoms with Gasteiger partial charge in [-0.05, 0) is 54.3 Å². The number of H-pyrrole nitrogens is 1. The summed E-state index contributed by atoms with van der Waals surface area (Å²) in [6.07, 6.45) is 2.98. The number of nitrogens with one attached hydrogen (secondary N) is 3. The summed E-state index contributed by atoms with van der Waals surface area (Å²) in [4.78, 5) is 15.6. The molecule has 152 valence electrons. The maximum Gasteiger partial charge on any atom is 0.162 e. The molecular formula is C21H19ClFN7. The van der Waals surface area contributed by atoms with Gasteiger partial charge in [-0.3, -0.25) is 5.41 Å². The highest BCUT2D eigenvalue weighted by atomic mass is 35.5. The van der Waals surface area contributed by atoms with Crippen molar-refractivity contribution in [2.75, 3.05) is 5.32 Å². The van der Waals surface area contributed by atoms with Gasteiger partial charge in [-0.2, -0.15) is 0 Å². The van der Waals surface area contributed by atoms with Crippen LogP contribution in [0.1, 0.15) is 29.7 Å². The van der Waals surface area contributed by atoms with Crippen molar-refractivity contribution in [2.45, 2.75) is 19.9 Å². The molecule has 2 aromatic carbocycles. The van der Waals surface area contributed by atoms with E-state index in [1.807, 2.05) is 13.0 Å². The number of anilines is 1. The molecule has 5 N–H and O–H groups in total. The molecule has 0 aliphatic heterocycles. The Morgan fingerprint density at radius 1 is 1.27 bits per heavy atom. The molecule has 0 radical (unpaired) electrons. The molecule has 2 heterocycles. The van der Waals surface area contributed by atoms with Crippen LogP contribution < -0.4 is 11.1 Å². The number of fused-ring (bicyclic) bond motifs is 1. The number of hydrogen-bond acceptors (Lipinski definition) is 5. The average Bonchev–Trinajstić information content (AvgIpc) is 3.19. The zero-order chi connectivity index (χ0) is 21.4. The molecule has 0 spiro atoms. The third-order valence-corrected chi connectivity index (χ3v) is 5.37. The Morgan fingerprint density at radius 2 is 2.07 bits per heavy atom. The SMILES string of the molecule is Cc1c(Cl)cc(C(C)Nc2ncnc3[nH]cnc23)c(-c2cccc(F)c2)c1C(=N)N. The average molecular weight is 424 g/mol. The van der Waals surface area contributed by atoms with E-state index >= 15 is 0 Å². The number of halogens is 2. The van der Waals surface area contributed by atoms with E-state index in [0.29, 0.717) is 44.3 Å². The topological polar surface area (TPSA) is 116 Å². The quantitative estimate of drug-likeness (QED) is 0.277. The number of benzene rings is 2. The van der Waals surface area contributed by atoms with Gasteiger partial charge >= 0.3 is 0 Å². The van der Waals surface area contributed by atoms with Crippen LogP contribution in [0.2, 0.25) is 5.02 Å². The van der Waals surface area contributed by atoms with Crippen LogP contribution in [-0.4, -0.2) is 25.8 Å². The first kappa shape index (κ1) is 19.8.